The van der Waals surface area contributed by atoms with Gasteiger partial charge in [-0.25, -0.2) is 9.59 Å². The molecule has 2 N–H and O–H groups in total. The van der Waals surface area contributed by atoms with E-state index < -0.39 is 12.0 Å². The van der Waals surface area contributed by atoms with Crippen LogP contribution in [0.25, 0.3) is 6.08 Å². The van der Waals surface area contributed by atoms with E-state index in [0.29, 0.717) is 17.0 Å². The number of methoxy groups -OCH3 is 1. The molecule has 2 amide bonds. The largest absolute Gasteiger partial charge is 0.496 e. The lowest BCUT2D eigenvalue weighted by molar-refractivity contribution is -0.138. The normalized spacial score (nSPS) is 17.2. The topological polar surface area (TPSA) is 76.7 Å². The van der Waals surface area contributed by atoms with E-state index in [2.05, 4.69) is 17.2 Å². The number of amides is 2. The molecule has 0 aromatic heterocycles. The van der Waals surface area contributed by atoms with Crippen molar-refractivity contribution < 1.29 is 19.1 Å². The fourth-order valence-electron chi connectivity index (χ4n) is 2.36. The lowest BCUT2D eigenvalue weighted by Gasteiger charge is -2.25. The van der Waals surface area contributed by atoms with E-state index in [1.807, 2.05) is 24.3 Å². The number of carbonyl (C=O) groups excluding carboxylic acids is 2. The van der Waals surface area contributed by atoms with Gasteiger partial charge in [-0.15, -0.1) is 0 Å². The summed E-state index contributed by atoms with van der Waals surface area (Å²) in [6.07, 6.45) is 5.01. The molecule has 1 aromatic carbocycles. The summed E-state index contributed by atoms with van der Waals surface area (Å²) in [6.45, 7) is 5.28. The first-order valence-corrected chi connectivity index (χ1v) is 7.44. The molecule has 6 nitrogen and oxygen atoms in total. The first-order chi connectivity index (χ1) is 11.6. The fourth-order valence-corrected chi connectivity index (χ4v) is 2.36. The van der Waals surface area contributed by atoms with Crippen molar-refractivity contribution >= 4 is 18.1 Å². The minimum absolute atomic E-state index is 0.104. The second-order valence-electron chi connectivity index (χ2n) is 5.10. The van der Waals surface area contributed by atoms with E-state index in [9.17, 15) is 9.59 Å². The van der Waals surface area contributed by atoms with Gasteiger partial charge in [-0.1, -0.05) is 43.0 Å². The number of para-hydroxylation sites is 1. The van der Waals surface area contributed by atoms with E-state index >= 15 is 0 Å². The average Bonchev–Trinajstić information content (AvgIpc) is 2.57. The zero-order valence-electron chi connectivity index (χ0n) is 13.7. The Labute approximate surface area is 140 Å². The van der Waals surface area contributed by atoms with Gasteiger partial charge in [-0.05, 0) is 13.0 Å². The third kappa shape index (κ3) is 4.04. The molecule has 1 aliphatic rings. The van der Waals surface area contributed by atoms with Crippen LogP contribution in [-0.2, 0) is 9.53 Å². The summed E-state index contributed by atoms with van der Waals surface area (Å²) >= 11 is 0. The fraction of sp³-hybridized carbons (Fsp3) is 0.222. The molecule has 0 bridgehead atoms. The number of nitrogens with one attached hydrogen (secondary N) is 2. The molecule has 0 radical (unpaired) electrons. The number of hydrogen-bond acceptors (Lipinski definition) is 4. The molecule has 1 aliphatic heterocycles. The van der Waals surface area contributed by atoms with Crippen molar-refractivity contribution in [1.82, 2.24) is 10.6 Å². The van der Waals surface area contributed by atoms with Gasteiger partial charge in [0.1, 0.15) is 12.4 Å². The highest BCUT2D eigenvalue weighted by Gasteiger charge is 2.29. The van der Waals surface area contributed by atoms with Crippen molar-refractivity contribution in [3.05, 3.63) is 59.8 Å². The molecular formula is C18H20N2O4. The number of urea groups is 1. The molecule has 0 spiro atoms. The second-order valence-corrected chi connectivity index (χ2v) is 5.10. The zero-order valence-corrected chi connectivity index (χ0v) is 13.7. The Morgan fingerprint density at radius 3 is 2.83 bits per heavy atom. The van der Waals surface area contributed by atoms with E-state index in [-0.39, 0.29) is 12.6 Å². The summed E-state index contributed by atoms with van der Waals surface area (Å²) in [7, 11) is 1.58. The summed E-state index contributed by atoms with van der Waals surface area (Å²) in [5.41, 5.74) is 1.65. The van der Waals surface area contributed by atoms with Crippen molar-refractivity contribution in [3.8, 4) is 5.75 Å². The van der Waals surface area contributed by atoms with Crippen LogP contribution in [-0.4, -0.2) is 31.8 Å². The molecule has 1 heterocycles. The summed E-state index contributed by atoms with van der Waals surface area (Å²) < 4.78 is 10.4. The Morgan fingerprint density at radius 1 is 1.38 bits per heavy atom. The van der Waals surface area contributed by atoms with Gasteiger partial charge in [0.2, 0.25) is 0 Å². The Kier molecular flexibility index (Phi) is 5.78. The Balaban J connectivity index is 2.29. The van der Waals surface area contributed by atoms with E-state index in [4.69, 9.17) is 9.47 Å². The maximum absolute atomic E-state index is 12.2. The van der Waals surface area contributed by atoms with Crippen LogP contribution in [0.15, 0.2) is 54.3 Å². The van der Waals surface area contributed by atoms with Gasteiger partial charge in [-0.3, -0.25) is 0 Å². The van der Waals surface area contributed by atoms with Gasteiger partial charge in [0, 0.05) is 11.3 Å². The van der Waals surface area contributed by atoms with Crippen LogP contribution in [0.1, 0.15) is 12.5 Å². The molecule has 0 unspecified atom stereocenters. The smallest absolute Gasteiger partial charge is 0.338 e. The minimum Gasteiger partial charge on any atom is -0.496 e. The third-order valence-electron chi connectivity index (χ3n) is 3.46. The molecule has 0 fully saturated rings. The second kappa shape index (κ2) is 8.01. The van der Waals surface area contributed by atoms with Crippen LogP contribution >= 0.6 is 0 Å². The molecular weight excluding hydrogens is 308 g/mol. The van der Waals surface area contributed by atoms with Crippen LogP contribution in [0.5, 0.6) is 5.75 Å². The minimum atomic E-state index is -0.596. The van der Waals surface area contributed by atoms with Crippen LogP contribution < -0.4 is 15.4 Å². The standard InChI is InChI=1S/C18H20N2O4/c1-4-11-24-17(21)16-12(2)19-18(22)20-14(16)10-9-13-7-5-6-8-15(13)23-3/h4-10,14H,1,11H2,2-3H3,(H2,19,20,22)/b10-9+/t14-/m1/s1. The molecule has 2 rings (SSSR count). The SMILES string of the molecule is C=CCOC(=O)C1=C(C)NC(=O)N[C@@H]1/C=C/c1ccccc1OC. The van der Waals surface area contributed by atoms with Crippen LogP contribution in [0.3, 0.4) is 0 Å². The molecule has 0 saturated carbocycles. The molecule has 0 aliphatic carbocycles. The van der Waals surface area contributed by atoms with Gasteiger partial charge in [0.05, 0.1) is 18.7 Å². The predicted molar refractivity (Wildman–Crippen MR) is 91.3 cm³/mol. The lowest BCUT2D eigenvalue weighted by atomic mass is 10.0. The van der Waals surface area contributed by atoms with Gasteiger partial charge in [-0.2, -0.15) is 0 Å². The molecule has 1 atom stereocenters. The Bertz CT molecular complexity index is 707. The summed E-state index contributed by atoms with van der Waals surface area (Å²) in [4.78, 5) is 24.0. The molecule has 0 saturated heterocycles. The average molecular weight is 328 g/mol. The summed E-state index contributed by atoms with van der Waals surface area (Å²) in [5.74, 6) is 0.195. The monoisotopic (exact) mass is 328 g/mol. The van der Waals surface area contributed by atoms with Gasteiger partial charge in [0.25, 0.3) is 0 Å². The van der Waals surface area contributed by atoms with E-state index in [1.54, 1.807) is 26.2 Å². The Hall–Kier alpha value is -3.02. The highest BCUT2D eigenvalue weighted by atomic mass is 16.5. The summed E-state index contributed by atoms with van der Waals surface area (Å²) in [5, 5.41) is 5.28. The number of hydrogen-bond donors (Lipinski definition) is 2. The number of carbonyl (C=O) groups is 2. The van der Waals surface area contributed by atoms with Crippen LogP contribution in [0.4, 0.5) is 4.79 Å². The zero-order chi connectivity index (χ0) is 17.5. The first-order valence-electron chi connectivity index (χ1n) is 7.44. The number of allylic oxidation sites excluding steroid dienone is 1. The quantitative estimate of drug-likeness (QED) is 0.621. The molecule has 126 valence electrons. The number of ether oxygens (including phenoxy) is 2. The summed E-state index contributed by atoms with van der Waals surface area (Å²) in [6, 6.07) is 6.49. The molecule has 24 heavy (non-hydrogen) atoms. The predicted octanol–water partition coefficient (Wildman–Crippen LogP) is 2.39. The first kappa shape index (κ1) is 17.3. The van der Waals surface area contributed by atoms with Crippen molar-refractivity contribution in [2.75, 3.05) is 13.7 Å². The number of rotatable bonds is 6. The van der Waals surface area contributed by atoms with Gasteiger partial charge < -0.3 is 20.1 Å². The van der Waals surface area contributed by atoms with Crippen molar-refractivity contribution in [2.45, 2.75) is 13.0 Å². The van der Waals surface area contributed by atoms with E-state index in [0.717, 1.165) is 5.56 Å². The molecule has 1 aromatic rings. The molecule has 6 heteroatoms. The van der Waals surface area contributed by atoms with Crippen molar-refractivity contribution in [1.29, 1.82) is 0 Å². The van der Waals surface area contributed by atoms with Gasteiger partial charge >= 0.3 is 12.0 Å². The maximum atomic E-state index is 12.2. The van der Waals surface area contributed by atoms with Crippen molar-refractivity contribution in [2.24, 2.45) is 0 Å². The maximum Gasteiger partial charge on any atom is 0.338 e. The third-order valence-corrected chi connectivity index (χ3v) is 3.46. The van der Waals surface area contributed by atoms with E-state index in [1.165, 1.54) is 6.08 Å². The highest BCUT2D eigenvalue weighted by Crippen LogP contribution is 2.21. The lowest BCUT2D eigenvalue weighted by Crippen LogP contribution is -2.49. The highest BCUT2D eigenvalue weighted by molar-refractivity contribution is 5.95. The van der Waals surface area contributed by atoms with Crippen LogP contribution in [0.2, 0.25) is 0 Å². The number of esters is 1. The Morgan fingerprint density at radius 2 is 2.12 bits per heavy atom. The van der Waals surface area contributed by atoms with Gasteiger partial charge in [0.15, 0.2) is 0 Å². The van der Waals surface area contributed by atoms with Crippen LogP contribution in [0, 0.1) is 0 Å². The number of benzene rings is 1. The van der Waals surface area contributed by atoms with Crippen molar-refractivity contribution in [3.63, 3.8) is 0 Å².